The standard InChI is InChI=1S/C23H26ClN3O4/c1-13(14-7-5-4-6-8-14)25-16-11-18(24)26-21-15(16)9-10-27(21)22-20-19(17(12-28)29-22)30-23(2,3)31-20/h4-11,13,17,19-20,22,28H,12H2,1-3H3,(H,25,26)/t13?,17-,19-,20-,22-/m1/s1. The Bertz CT molecular complexity index is 1090. The van der Waals surface area contributed by atoms with Crippen molar-refractivity contribution in [2.75, 3.05) is 11.9 Å². The summed E-state index contributed by atoms with van der Waals surface area (Å²) in [5.74, 6) is -0.739. The number of nitrogens with one attached hydrogen (secondary N) is 1. The number of fused-ring (bicyclic) bond motifs is 2. The van der Waals surface area contributed by atoms with Gasteiger partial charge in [-0.2, -0.15) is 0 Å². The van der Waals surface area contributed by atoms with Gasteiger partial charge in [-0.15, -0.1) is 0 Å². The van der Waals surface area contributed by atoms with Gasteiger partial charge in [0, 0.05) is 23.3 Å². The molecule has 0 amide bonds. The quantitative estimate of drug-likeness (QED) is 0.573. The van der Waals surface area contributed by atoms with E-state index < -0.39 is 18.1 Å². The van der Waals surface area contributed by atoms with Crippen LogP contribution in [0, 0.1) is 0 Å². The minimum Gasteiger partial charge on any atom is -0.394 e. The van der Waals surface area contributed by atoms with Crippen LogP contribution < -0.4 is 5.32 Å². The fourth-order valence-electron chi connectivity index (χ4n) is 4.51. The molecular formula is C23H26ClN3O4. The summed E-state index contributed by atoms with van der Waals surface area (Å²) in [7, 11) is 0. The molecule has 0 saturated carbocycles. The molecule has 2 aliphatic heterocycles. The van der Waals surface area contributed by atoms with E-state index in [1.54, 1.807) is 0 Å². The lowest BCUT2D eigenvalue weighted by Gasteiger charge is -2.24. The lowest BCUT2D eigenvalue weighted by molar-refractivity contribution is -0.199. The van der Waals surface area contributed by atoms with Gasteiger partial charge in [0.15, 0.2) is 12.0 Å². The summed E-state index contributed by atoms with van der Waals surface area (Å²) in [6, 6.07) is 14.1. The minimum atomic E-state index is -0.739. The third-order valence-corrected chi connectivity index (χ3v) is 6.10. The molecule has 2 aromatic heterocycles. The number of halogens is 1. The van der Waals surface area contributed by atoms with E-state index >= 15 is 0 Å². The fraction of sp³-hybridized carbons (Fsp3) is 0.435. The van der Waals surface area contributed by atoms with E-state index in [1.165, 1.54) is 5.56 Å². The molecule has 8 heteroatoms. The second kappa shape index (κ2) is 7.76. The summed E-state index contributed by atoms with van der Waals surface area (Å²) in [6.45, 7) is 5.69. The maximum absolute atomic E-state index is 9.79. The number of aliphatic hydroxyl groups excluding tert-OH is 1. The monoisotopic (exact) mass is 443 g/mol. The molecule has 0 radical (unpaired) electrons. The first-order valence-electron chi connectivity index (χ1n) is 10.5. The van der Waals surface area contributed by atoms with Crippen molar-refractivity contribution in [1.29, 1.82) is 0 Å². The minimum absolute atomic E-state index is 0.0875. The van der Waals surface area contributed by atoms with Crippen LogP contribution in [0.15, 0.2) is 48.7 Å². The number of nitrogens with zero attached hydrogens (tertiary/aromatic N) is 2. The Kier molecular flexibility index (Phi) is 5.19. The average Bonchev–Trinajstić information content (AvgIpc) is 3.39. The van der Waals surface area contributed by atoms with Gasteiger partial charge < -0.3 is 29.2 Å². The van der Waals surface area contributed by atoms with E-state index in [4.69, 9.17) is 25.8 Å². The van der Waals surface area contributed by atoms with Crippen molar-refractivity contribution < 1.29 is 19.3 Å². The number of aliphatic hydroxyl groups is 1. The zero-order valence-corrected chi connectivity index (χ0v) is 18.4. The molecule has 2 fully saturated rings. The molecule has 2 aliphatic rings. The molecule has 2 N–H and O–H groups in total. The third kappa shape index (κ3) is 3.70. The number of ether oxygens (including phenoxy) is 3. The molecular weight excluding hydrogens is 418 g/mol. The van der Waals surface area contributed by atoms with Gasteiger partial charge in [-0.05, 0) is 38.5 Å². The van der Waals surface area contributed by atoms with Gasteiger partial charge in [-0.25, -0.2) is 4.98 Å². The van der Waals surface area contributed by atoms with Gasteiger partial charge in [0.1, 0.15) is 29.1 Å². The number of pyridine rings is 1. The molecule has 3 aromatic rings. The van der Waals surface area contributed by atoms with Crippen LogP contribution in [0.1, 0.15) is 38.6 Å². The Morgan fingerprint density at radius 2 is 1.94 bits per heavy atom. The van der Waals surface area contributed by atoms with E-state index in [9.17, 15) is 5.11 Å². The van der Waals surface area contributed by atoms with Crippen molar-refractivity contribution in [2.45, 2.75) is 57.1 Å². The summed E-state index contributed by atoms with van der Waals surface area (Å²) < 4.78 is 20.1. The van der Waals surface area contributed by atoms with Crippen LogP contribution in [-0.4, -0.2) is 45.4 Å². The molecule has 31 heavy (non-hydrogen) atoms. The van der Waals surface area contributed by atoms with Crippen molar-refractivity contribution in [3.05, 3.63) is 59.4 Å². The molecule has 0 spiro atoms. The van der Waals surface area contributed by atoms with Gasteiger partial charge in [-0.3, -0.25) is 0 Å². The molecule has 0 aliphatic carbocycles. The van der Waals surface area contributed by atoms with Gasteiger partial charge in [0.05, 0.1) is 6.61 Å². The topological polar surface area (TPSA) is 77.8 Å². The average molecular weight is 444 g/mol. The van der Waals surface area contributed by atoms with Crippen LogP contribution in [-0.2, 0) is 14.2 Å². The van der Waals surface area contributed by atoms with Crippen molar-refractivity contribution in [2.24, 2.45) is 0 Å². The van der Waals surface area contributed by atoms with Gasteiger partial charge in [0.2, 0.25) is 0 Å². The largest absolute Gasteiger partial charge is 0.394 e. The Morgan fingerprint density at radius 3 is 2.68 bits per heavy atom. The highest BCUT2D eigenvalue weighted by Gasteiger charge is 2.55. The number of hydrogen-bond donors (Lipinski definition) is 2. The molecule has 7 nitrogen and oxygen atoms in total. The van der Waals surface area contributed by atoms with Crippen molar-refractivity contribution in [3.8, 4) is 0 Å². The first-order chi connectivity index (χ1) is 14.9. The van der Waals surface area contributed by atoms with E-state index in [0.717, 1.165) is 11.1 Å². The first kappa shape index (κ1) is 20.7. The fourth-order valence-corrected chi connectivity index (χ4v) is 4.70. The maximum Gasteiger partial charge on any atom is 0.164 e. The lowest BCUT2D eigenvalue weighted by Crippen LogP contribution is -2.31. The van der Waals surface area contributed by atoms with Crippen LogP contribution in [0.5, 0.6) is 0 Å². The van der Waals surface area contributed by atoms with E-state index in [0.29, 0.717) is 10.8 Å². The van der Waals surface area contributed by atoms with Gasteiger partial charge in [0.25, 0.3) is 0 Å². The Balaban J connectivity index is 1.50. The normalized spacial score (nSPS) is 28.0. The van der Waals surface area contributed by atoms with E-state index in [1.807, 2.05) is 54.9 Å². The number of anilines is 1. The highest BCUT2D eigenvalue weighted by Crippen LogP contribution is 2.44. The van der Waals surface area contributed by atoms with Crippen molar-refractivity contribution in [1.82, 2.24) is 9.55 Å². The Labute approximate surface area is 185 Å². The highest BCUT2D eigenvalue weighted by molar-refractivity contribution is 6.30. The lowest BCUT2D eigenvalue weighted by atomic mass is 10.1. The number of hydrogen-bond acceptors (Lipinski definition) is 6. The molecule has 5 atom stereocenters. The van der Waals surface area contributed by atoms with E-state index in [2.05, 4.69) is 29.4 Å². The van der Waals surface area contributed by atoms with Crippen molar-refractivity contribution >= 4 is 28.3 Å². The number of rotatable bonds is 5. The first-order valence-corrected chi connectivity index (χ1v) is 10.8. The van der Waals surface area contributed by atoms with Crippen LogP contribution in [0.4, 0.5) is 5.69 Å². The van der Waals surface area contributed by atoms with Crippen molar-refractivity contribution in [3.63, 3.8) is 0 Å². The van der Waals surface area contributed by atoms with E-state index in [-0.39, 0.29) is 24.9 Å². The molecule has 164 valence electrons. The Hall–Kier alpha value is -2.16. The van der Waals surface area contributed by atoms with Crippen LogP contribution in [0.2, 0.25) is 5.15 Å². The number of benzene rings is 1. The number of aromatic nitrogens is 2. The Morgan fingerprint density at radius 1 is 1.19 bits per heavy atom. The summed E-state index contributed by atoms with van der Waals surface area (Å²) in [5, 5.41) is 14.7. The molecule has 4 heterocycles. The summed E-state index contributed by atoms with van der Waals surface area (Å²) in [4.78, 5) is 4.57. The summed E-state index contributed by atoms with van der Waals surface area (Å²) in [5.41, 5.74) is 2.75. The predicted molar refractivity (Wildman–Crippen MR) is 118 cm³/mol. The second-order valence-electron chi connectivity index (χ2n) is 8.54. The molecule has 1 unspecified atom stereocenters. The van der Waals surface area contributed by atoms with Gasteiger partial charge in [-0.1, -0.05) is 41.9 Å². The highest BCUT2D eigenvalue weighted by atomic mass is 35.5. The predicted octanol–water partition coefficient (Wildman–Crippen LogP) is 4.27. The molecule has 5 rings (SSSR count). The van der Waals surface area contributed by atoms with Gasteiger partial charge >= 0.3 is 0 Å². The molecule has 0 bridgehead atoms. The van der Waals surface area contributed by atoms with Crippen LogP contribution in [0.3, 0.4) is 0 Å². The molecule has 2 saturated heterocycles. The summed E-state index contributed by atoms with van der Waals surface area (Å²) in [6.07, 6.45) is 0.263. The SMILES string of the molecule is CC(Nc1cc(Cl)nc2c1ccn2[C@@H]1O[C@H](CO)[C@H]2OC(C)(C)O[C@H]21)c1ccccc1. The molecule has 1 aromatic carbocycles. The van der Waals surface area contributed by atoms with Crippen LogP contribution in [0.25, 0.3) is 11.0 Å². The zero-order valence-electron chi connectivity index (χ0n) is 17.7. The van der Waals surface area contributed by atoms with Crippen LogP contribution >= 0.6 is 11.6 Å². The second-order valence-corrected chi connectivity index (χ2v) is 8.93. The smallest absolute Gasteiger partial charge is 0.164 e. The summed E-state index contributed by atoms with van der Waals surface area (Å²) >= 11 is 6.40. The third-order valence-electron chi connectivity index (χ3n) is 5.90. The maximum atomic E-state index is 9.79. The zero-order chi connectivity index (χ0) is 21.8.